The van der Waals surface area contributed by atoms with Crippen molar-refractivity contribution in [3.8, 4) is 5.69 Å². The molecule has 6 heteroatoms. The van der Waals surface area contributed by atoms with E-state index in [1.807, 2.05) is 24.3 Å². The fraction of sp³-hybridized carbons (Fsp3) is 0. The van der Waals surface area contributed by atoms with Crippen molar-refractivity contribution >= 4 is 35.0 Å². The smallest absolute Gasteiger partial charge is 0.306 e. The molecule has 0 bridgehead atoms. The zero-order valence-corrected chi connectivity index (χ0v) is 12.0. The molecule has 0 saturated heterocycles. The van der Waals surface area contributed by atoms with Gasteiger partial charge in [0.2, 0.25) is 0 Å². The maximum Gasteiger partial charge on any atom is 0.333 e. The number of fused-ring (bicyclic) bond motifs is 2. The van der Waals surface area contributed by atoms with Crippen LogP contribution in [0.1, 0.15) is 0 Å². The van der Waals surface area contributed by atoms with Crippen LogP contribution >= 0.6 is 0 Å². The predicted molar refractivity (Wildman–Crippen MR) is 90.9 cm³/mol. The Kier molecular flexibility index (Phi) is 2.91. The molecule has 2 heterocycles. The van der Waals surface area contributed by atoms with E-state index in [2.05, 4.69) is 9.97 Å². The van der Waals surface area contributed by atoms with Gasteiger partial charge >= 0.3 is 5.69 Å². The Morgan fingerprint density at radius 2 is 1.83 bits per heavy atom. The summed E-state index contributed by atoms with van der Waals surface area (Å²) in [5.74, 6) is 0. The van der Waals surface area contributed by atoms with Gasteiger partial charge in [0.1, 0.15) is 7.85 Å². The van der Waals surface area contributed by atoms with Gasteiger partial charge in [0.15, 0.2) is 0 Å². The third kappa shape index (κ3) is 2.07. The second kappa shape index (κ2) is 4.95. The highest BCUT2D eigenvalue weighted by atomic mass is 16.2. The maximum atomic E-state index is 12.8. The molecule has 5 nitrogen and oxygen atoms in total. The summed E-state index contributed by atoms with van der Waals surface area (Å²) in [6.07, 6.45) is 3.21. The van der Waals surface area contributed by atoms with Crippen molar-refractivity contribution in [3.05, 3.63) is 75.7 Å². The summed E-state index contributed by atoms with van der Waals surface area (Å²) in [7, 11) is 5.71. The van der Waals surface area contributed by atoms with Crippen LogP contribution in [0.25, 0.3) is 27.4 Å². The van der Waals surface area contributed by atoms with Gasteiger partial charge in [-0.15, -0.1) is 0 Å². The van der Waals surface area contributed by atoms with E-state index >= 15 is 0 Å². The van der Waals surface area contributed by atoms with Gasteiger partial charge in [0.25, 0.3) is 5.56 Å². The zero-order chi connectivity index (χ0) is 16.0. The van der Waals surface area contributed by atoms with Gasteiger partial charge in [-0.25, -0.2) is 9.36 Å². The molecule has 0 aliphatic heterocycles. The van der Waals surface area contributed by atoms with Gasteiger partial charge in [-0.3, -0.25) is 9.78 Å². The molecule has 108 valence electrons. The lowest BCUT2D eigenvalue weighted by molar-refractivity contribution is 0.903. The van der Waals surface area contributed by atoms with Crippen LogP contribution in [0.4, 0.5) is 0 Å². The van der Waals surface area contributed by atoms with Crippen molar-refractivity contribution in [1.29, 1.82) is 0 Å². The van der Waals surface area contributed by atoms with Crippen LogP contribution in [-0.2, 0) is 0 Å². The molecule has 0 aliphatic carbocycles. The summed E-state index contributed by atoms with van der Waals surface area (Å²) in [6.45, 7) is 0. The lowest BCUT2D eigenvalue weighted by Gasteiger charge is -2.09. The van der Waals surface area contributed by atoms with E-state index in [0.717, 1.165) is 15.3 Å². The fourth-order valence-corrected chi connectivity index (χ4v) is 2.73. The van der Waals surface area contributed by atoms with Crippen LogP contribution in [0.3, 0.4) is 0 Å². The molecule has 0 spiro atoms. The first-order valence-corrected chi connectivity index (χ1v) is 7.03. The number of benzene rings is 2. The predicted octanol–water partition coefficient (Wildman–Crippen LogP) is 1.02. The van der Waals surface area contributed by atoms with Crippen molar-refractivity contribution in [2.45, 2.75) is 0 Å². The Labute approximate surface area is 131 Å². The molecular weight excluding hydrogens is 289 g/mol. The van der Waals surface area contributed by atoms with E-state index in [9.17, 15) is 9.59 Å². The Bertz CT molecular complexity index is 1170. The Balaban J connectivity index is 2.15. The third-order valence-corrected chi connectivity index (χ3v) is 3.81. The van der Waals surface area contributed by atoms with Crippen LogP contribution in [0.5, 0.6) is 0 Å². The normalized spacial score (nSPS) is 11.1. The minimum absolute atomic E-state index is 0.395. The number of rotatable bonds is 1. The number of aromatic amines is 1. The number of hydrogen-bond donors (Lipinski definition) is 1. The minimum Gasteiger partial charge on any atom is -0.306 e. The molecule has 0 fully saturated rings. The summed E-state index contributed by atoms with van der Waals surface area (Å²) < 4.78 is 1.11. The van der Waals surface area contributed by atoms with E-state index in [4.69, 9.17) is 7.85 Å². The monoisotopic (exact) mass is 299 g/mol. The van der Waals surface area contributed by atoms with Gasteiger partial charge in [-0.05, 0) is 12.1 Å². The zero-order valence-electron chi connectivity index (χ0n) is 12.0. The van der Waals surface area contributed by atoms with Crippen molar-refractivity contribution in [2.24, 2.45) is 0 Å². The first-order chi connectivity index (χ1) is 11.1. The van der Waals surface area contributed by atoms with Gasteiger partial charge in [0.05, 0.1) is 22.8 Å². The molecule has 2 aromatic carbocycles. The van der Waals surface area contributed by atoms with Crippen LogP contribution in [0.2, 0.25) is 0 Å². The highest BCUT2D eigenvalue weighted by Gasteiger charge is 2.12. The SMILES string of the molecule is [B]c1ccc2c(=O)n(-c3cncc4ccccc34)c(=O)[nH]c2c1. The molecule has 4 aromatic rings. The van der Waals surface area contributed by atoms with Gasteiger partial charge < -0.3 is 4.98 Å². The number of aromatic nitrogens is 3. The van der Waals surface area contributed by atoms with E-state index in [0.29, 0.717) is 22.1 Å². The molecule has 1 N–H and O–H groups in total. The first kappa shape index (κ1) is 13.5. The molecule has 2 aromatic heterocycles. The van der Waals surface area contributed by atoms with Crippen LogP contribution in [-0.4, -0.2) is 22.4 Å². The molecular formula is C17H10BN3O2. The average Bonchev–Trinajstić information content (AvgIpc) is 2.54. The van der Waals surface area contributed by atoms with Crippen LogP contribution in [0, 0.1) is 0 Å². The quantitative estimate of drug-likeness (QED) is 0.534. The molecule has 2 radical (unpaired) electrons. The van der Waals surface area contributed by atoms with Gasteiger partial charge in [-0.1, -0.05) is 35.8 Å². The minimum atomic E-state index is -0.522. The van der Waals surface area contributed by atoms with E-state index in [1.165, 1.54) is 6.20 Å². The number of hydrogen-bond acceptors (Lipinski definition) is 3. The molecule has 0 aliphatic rings. The van der Waals surface area contributed by atoms with E-state index < -0.39 is 11.2 Å². The molecule has 0 unspecified atom stereocenters. The van der Waals surface area contributed by atoms with Crippen molar-refractivity contribution in [3.63, 3.8) is 0 Å². The highest BCUT2D eigenvalue weighted by molar-refractivity contribution is 6.33. The Morgan fingerprint density at radius 3 is 2.70 bits per heavy atom. The summed E-state index contributed by atoms with van der Waals surface area (Å²) in [6, 6.07) is 12.3. The lowest BCUT2D eigenvalue weighted by atomic mass is 9.95. The standard InChI is InChI=1S/C17H10BN3O2/c18-11-5-6-13-14(7-11)20-17(23)21(16(13)22)15-9-19-8-10-3-1-2-4-12(10)15/h1-9H,(H,20,23). The maximum absolute atomic E-state index is 12.8. The number of H-pyrrole nitrogens is 1. The highest BCUT2D eigenvalue weighted by Crippen LogP contribution is 2.18. The average molecular weight is 299 g/mol. The topological polar surface area (TPSA) is 67.8 Å². The van der Waals surface area contributed by atoms with Crippen LogP contribution < -0.4 is 16.7 Å². The molecule has 0 amide bonds. The summed E-state index contributed by atoms with van der Waals surface area (Å²) in [4.78, 5) is 32.1. The van der Waals surface area contributed by atoms with E-state index in [-0.39, 0.29) is 0 Å². The van der Waals surface area contributed by atoms with Crippen LogP contribution in [0.15, 0.2) is 64.4 Å². The van der Waals surface area contributed by atoms with E-state index in [1.54, 1.807) is 24.4 Å². The number of nitrogens with one attached hydrogen (secondary N) is 1. The summed E-state index contributed by atoms with van der Waals surface area (Å²) in [5.41, 5.74) is 0.433. The molecule has 4 rings (SSSR count). The Hall–Kier alpha value is -3.15. The second-order valence-corrected chi connectivity index (χ2v) is 5.26. The third-order valence-electron chi connectivity index (χ3n) is 3.81. The molecule has 0 saturated carbocycles. The van der Waals surface area contributed by atoms with Crippen molar-refractivity contribution < 1.29 is 0 Å². The van der Waals surface area contributed by atoms with Crippen molar-refractivity contribution in [2.75, 3.05) is 0 Å². The first-order valence-electron chi connectivity index (χ1n) is 7.03. The molecule has 23 heavy (non-hydrogen) atoms. The van der Waals surface area contributed by atoms with Gasteiger partial charge in [0, 0.05) is 17.0 Å². The lowest BCUT2D eigenvalue weighted by Crippen LogP contribution is -2.34. The number of nitrogens with zero attached hydrogens (tertiary/aromatic N) is 2. The summed E-state index contributed by atoms with van der Waals surface area (Å²) >= 11 is 0. The Morgan fingerprint density at radius 1 is 1.00 bits per heavy atom. The molecule has 0 atom stereocenters. The number of pyridine rings is 1. The van der Waals surface area contributed by atoms with Crippen molar-refractivity contribution in [1.82, 2.24) is 14.5 Å². The second-order valence-electron chi connectivity index (χ2n) is 5.26. The summed E-state index contributed by atoms with van der Waals surface area (Å²) in [5, 5.41) is 2.03. The van der Waals surface area contributed by atoms with Gasteiger partial charge in [-0.2, -0.15) is 0 Å². The fourth-order valence-electron chi connectivity index (χ4n) is 2.73. The largest absolute Gasteiger partial charge is 0.333 e.